The van der Waals surface area contributed by atoms with Crippen molar-refractivity contribution in [3.8, 4) is 5.75 Å². The SMILES string of the molecule is CC(=O)NC(C(=O)NC(Cc1cccc(O)c1)C(=O)N1CCCC(C(C)=O)N1)C(C)C. The lowest BCUT2D eigenvalue weighted by Crippen LogP contribution is -2.61. The summed E-state index contributed by atoms with van der Waals surface area (Å²) >= 11 is 0. The van der Waals surface area contributed by atoms with Crippen LogP contribution in [0.1, 0.15) is 46.1 Å². The number of rotatable bonds is 8. The normalized spacial score (nSPS) is 18.2. The molecule has 1 aromatic rings. The lowest BCUT2D eigenvalue weighted by atomic mass is 10.00. The topological polar surface area (TPSA) is 128 Å². The predicted molar refractivity (Wildman–Crippen MR) is 115 cm³/mol. The van der Waals surface area contributed by atoms with Crippen LogP contribution in [0.15, 0.2) is 24.3 Å². The number of hydrogen-bond acceptors (Lipinski definition) is 6. The van der Waals surface area contributed by atoms with E-state index >= 15 is 0 Å². The molecule has 0 bridgehead atoms. The largest absolute Gasteiger partial charge is 0.508 e. The highest BCUT2D eigenvalue weighted by Crippen LogP contribution is 2.16. The number of nitrogens with zero attached hydrogens (tertiary/aromatic N) is 1. The number of carbonyl (C=O) groups is 4. The van der Waals surface area contributed by atoms with Crippen molar-refractivity contribution in [3.63, 3.8) is 0 Å². The maximum atomic E-state index is 13.3. The summed E-state index contributed by atoms with van der Waals surface area (Å²) in [5.74, 6) is -1.38. The second kappa shape index (κ2) is 10.9. The first-order valence-electron chi connectivity index (χ1n) is 10.5. The highest BCUT2D eigenvalue weighted by atomic mass is 16.3. The van der Waals surface area contributed by atoms with Gasteiger partial charge in [-0.05, 0) is 43.4 Å². The van der Waals surface area contributed by atoms with Crippen molar-refractivity contribution in [2.45, 2.75) is 65.1 Å². The van der Waals surface area contributed by atoms with Crippen LogP contribution < -0.4 is 16.1 Å². The summed E-state index contributed by atoms with van der Waals surface area (Å²) < 4.78 is 0. The van der Waals surface area contributed by atoms with E-state index in [9.17, 15) is 24.3 Å². The van der Waals surface area contributed by atoms with Gasteiger partial charge >= 0.3 is 0 Å². The molecule has 1 fully saturated rings. The number of benzene rings is 1. The summed E-state index contributed by atoms with van der Waals surface area (Å²) in [6.07, 6.45) is 1.45. The molecule has 3 unspecified atom stereocenters. The molecule has 2 rings (SSSR count). The van der Waals surface area contributed by atoms with Gasteiger partial charge in [-0.15, -0.1) is 0 Å². The van der Waals surface area contributed by atoms with Crippen molar-refractivity contribution in [3.05, 3.63) is 29.8 Å². The predicted octanol–water partition coefficient (Wildman–Crippen LogP) is 0.665. The second-order valence-electron chi connectivity index (χ2n) is 8.28. The minimum Gasteiger partial charge on any atom is -0.508 e. The van der Waals surface area contributed by atoms with Gasteiger partial charge in [0, 0.05) is 19.9 Å². The molecule has 0 radical (unpaired) electrons. The standard InChI is InChI=1S/C22H32N4O5/c1-13(2)20(23-15(4)28)21(30)24-19(12-16-7-5-8-17(29)11-16)22(31)26-10-6-9-18(25-26)14(3)27/h5,7-8,11,13,18-20,25,29H,6,9-10,12H2,1-4H3,(H,23,28)(H,24,30). The highest BCUT2D eigenvalue weighted by molar-refractivity contribution is 5.92. The Kier molecular flexibility index (Phi) is 8.56. The van der Waals surface area contributed by atoms with E-state index in [0.29, 0.717) is 24.9 Å². The molecule has 4 N–H and O–H groups in total. The molecule has 3 amide bonds. The van der Waals surface area contributed by atoms with E-state index < -0.39 is 24.0 Å². The third-order valence-electron chi connectivity index (χ3n) is 5.22. The Hall–Kier alpha value is -2.94. The summed E-state index contributed by atoms with van der Waals surface area (Å²) in [6.45, 7) is 6.82. The number of phenols is 1. The first-order valence-corrected chi connectivity index (χ1v) is 10.5. The van der Waals surface area contributed by atoms with Gasteiger partial charge in [0.05, 0.1) is 6.04 Å². The zero-order valence-electron chi connectivity index (χ0n) is 18.5. The van der Waals surface area contributed by atoms with Crippen LogP contribution in [-0.2, 0) is 25.6 Å². The van der Waals surface area contributed by atoms with Gasteiger partial charge in [-0.1, -0.05) is 26.0 Å². The number of hydrazine groups is 1. The third-order valence-corrected chi connectivity index (χ3v) is 5.22. The molecule has 1 aliphatic rings. The lowest BCUT2D eigenvalue weighted by molar-refractivity contribution is -0.143. The van der Waals surface area contributed by atoms with E-state index in [-0.39, 0.29) is 35.7 Å². The van der Waals surface area contributed by atoms with Crippen LogP contribution in [0, 0.1) is 5.92 Å². The van der Waals surface area contributed by atoms with Crippen LogP contribution in [0.5, 0.6) is 5.75 Å². The van der Waals surface area contributed by atoms with Crippen LogP contribution in [0.3, 0.4) is 0 Å². The minimum atomic E-state index is -0.942. The lowest BCUT2D eigenvalue weighted by Gasteiger charge is -2.35. The number of aromatic hydroxyl groups is 1. The molecule has 0 aromatic heterocycles. The van der Waals surface area contributed by atoms with Gasteiger partial charge in [0.1, 0.15) is 23.6 Å². The van der Waals surface area contributed by atoms with Crippen molar-refractivity contribution in [2.75, 3.05) is 6.54 Å². The third kappa shape index (κ3) is 7.06. The van der Waals surface area contributed by atoms with E-state index in [4.69, 9.17) is 0 Å². The zero-order chi connectivity index (χ0) is 23.1. The average molecular weight is 433 g/mol. The van der Waals surface area contributed by atoms with Gasteiger partial charge in [-0.25, -0.2) is 5.43 Å². The van der Waals surface area contributed by atoms with Crippen molar-refractivity contribution < 1.29 is 24.3 Å². The van der Waals surface area contributed by atoms with Gasteiger partial charge < -0.3 is 15.7 Å². The maximum Gasteiger partial charge on any atom is 0.259 e. The van der Waals surface area contributed by atoms with E-state index in [2.05, 4.69) is 16.1 Å². The zero-order valence-corrected chi connectivity index (χ0v) is 18.5. The summed E-state index contributed by atoms with van der Waals surface area (Å²) in [5.41, 5.74) is 3.62. The first kappa shape index (κ1) is 24.3. The number of nitrogens with one attached hydrogen (secondary N) is 3. The Morgan fingerprint density at radius 1 is 1.19 bits per heavy atom. The molecule has 1 aliphatic heterocycles. The molecule has 1 saturated heterocycles. The van der Waals surface area contributed by atoms with Gasteiger partial charge in [0.15, 0.2) is 0 Å². The Morgan fingerprint density at radius 2 is 1.90 bits per heavy atom. The molecule has 170 valence electrons. The number of Topliss-reactive ketones (excluding diaryl/α,β-unsaturated/α-hetero) is 1. The first-order chi connectivity index (χ1) is 14.6. The van der Waals surface area contributed by atoms with E-state index in [0.717, 1.165) is 0 Å². The molecular formula is C22H32N4O5. The Labute approximate surface area is 182 Å². The molecule has 0 aliphatic carbocycles. The molecule has 0 saturated carbocycles. The maximum absolute atomic E-state index is 13.3. The fourth-order valence-electron chi connectivity index (χ4n) is 3.56. The summed E-state index contributed by atoms with van der Waals surface area (Å²) in [6, 6.07) is 4.28. The Bertz CT molecular complexity index is 826. The summed E-state index contributed by atoms with van der Waals surface area (Å²) in [5, 5.41) is 16.5. The molecule has 1 aromatic carbocycles. The molecule has 31 heavy (non-hydrogen) atoms. The van der Waals surface area contributed by atoms with Crippen LogP contribution in [0.4, 0.5) is 0 Å². The number of carbonyl (C=O) groups excluding carboxylic acids is 4. The van der Waals surface area contributed by atoms with Crippen molar-refractivity contribution >= 4 is 23.5 Å². The van der Waals surface area contributed by atoms with Crippen molar-refractivity contribution in [2.24, 2.45) is 5.92 Å². The fourth-order valence-corrected chi connectivity index (χ4v) is 3.56. The molecule has 1 heterocycles. The minimum absolute atomic E-state index is 0.0565. The molecular weight excluding hydrogens is 400 g/mol. The van der Waals surface area contributed by atoms with E-state index in [1.54, 1.807) is 26.0 Å². The number of amides is 3. The van der Waals surface area contributed by atoms with Crippen molar-refractivity contribution in [1.82, 2.24) is 21.1 Å². The van der Waals surface area contributed by atoms with Gasteiger partial charge in [0.2, 0.25) is 11.8 Å². The Morgan fingerprint density at radius 3 is 2.48 bits per heavy atom. The fraction of sp³-hybridized carbons (Fsp3) is 0.545. The summed E-state index contributed by atoms with van der Waals surface area (Å²) in [7, 11) is 0. The monoisotopic (exact) mass is 432 g/mol. The molecule has 0 spiro atoms. The van der Waals surface area contributed by atoms with E-state index in [1.807, 2.05) is 0 Å². The molecule has 9 heteroatoms. The number of ketones is 1. The second-order valence-corrected chi connectivity index (χ2v) is 8.28. The highest BCUT2D eigenvalue weighted by Gasteiger charge is 2.33. The molecule has 9 nitrogen and oxygen atoms in total. The molecule has 3 atom stereocenters. The van der Waals surface area contributed by atoms with E-state index in [1.165, 1.54) is 31.0 Å². The van der Waals surface area contributed by atoms with Crippen molar-refractivity contribution in [1.29, 1.82) is 0 Å². The quantitative estimate of drug-likeness (QED) is 0.478. The Balaban J connectivity index is 2.24. The van der Waals surface area contributed by atoms with Gasteiger partial charge in [-0.2, -0.15) is 0 Å². The van der Waals surface area contributed by atoms with Crippen LogP contribution in [0.25, 0.3) is 0 Å². The van der Waals surface area contributed by atoms with Crippen LogP contribution in [-0.4, -0.2) is 58.3 Å². The van der Waals surface area contributed by atoms with Crippen LogP contribution >= 0.6 is 0 Å². The smallest absolute Gasteiger partial charge is 0.259 e. The van der Waals surface area contributed by atoms with Gasteiger partial charge in [0.25, 0.3) is 5.91 Å². The van der Waals surface area contributed by atoms with Crippen LogP contribution in [0.2, 0.25) is 0 Å². The summed E-state index contributed by atoms with van der Waals surface area (Å²) in [4.78, 5) is 49.5. The average Bonchev–Trinajstić information content (AvgIpc) is 2.70. The number of hydrogen-bond donors (Lipinski definition) is 4. The van der Waals surface area contributed by atoms with Gasteiger partial charge in [-0.3, -0.25) is 24.2 Å². The number of phenolic OH excluding ortho intramolecular Hbond substituents is 1.